The van der Waals surface area contributed by atoms with E-state index >= 15 is 0 Å². The van der Waals surface area contributed by atoms with E-state index in [9.17, 15) is 8.42 Å². The Morgan fingerprint density at radius 2 is 1.71 bits per heavy atom. The molecule has 0 unspecified atom stereocenters. The molecule has 0 bridgehead atoms. The van der Waals surface area contributed by atoms with Crippen LogP contribution in [0.3, 0.4) is 0 Å². The van der Waals surface area contributed by atoms with Crippen LogP contribution in [0.1, 0.15) is 34.6 Å². The minimum absolute atomic E-state index is 0.210. The molecular weight excluding hydrogens is 236 g/mol. The van der Waals surface area contributed by atoms with E-state index in [1.807, 2.05) is 0 Å². The summed E-state index contributed by atoms with van der Waals surface area (Å²) in [5, 5.41) is 3.18. The second-order valence-electron chi connectivity index (χ2n) is 5.76. The monoisotopic (exact) mass is 264 g/mol. The standard InChI is InChI=1S/C12H28N2O2S/c1-11(2)14(6)9-7-13-8-10-17(15,16)12(3,4)5/h11,13H,7-10H2,1-6H3. The van der Waals surface area contributed by atoms with Crippen LogP contribution in [0, 0.1) is 0 Å². The van der Waals surface area contributed by atoms with Crippen molar-refractivity contribution in [1.29, 1.82) is 0 Å². The molecule has 0 aromatic carbocycles. The number of nitrogens with zero attached hydrogens (tertiary/aromatic N) is 1. The van der Waals surface area contributed by atoms with E-state index in [0.29, 0.717) is 12.6 Å². The molecule has 0 radical (unpaired) electrons. The van der Waals surface area contributed by atoms with Crippen LogP contribution in [-0.2, 0) is 9.84 Å². The average molecular weight is 264 g/mol. The fraction of sp³-hybridized carbons (Fsp3) is 1.00. The van der Waals surface area contributed by atoms with Crippen molar-refractivity contribution < 1.29 is 8.42 Å². The van der Waals surface area contributed by atoms with E-state index in [0.717, 1.165) is 13.1 Å². The van der Waals surface area contributed by atoms with Gasteiger partial charge in [-0.3, -0.25) is 0 Å². The highest BCUT2D eigenvalue weighted by molar-refractivity contribution is 7.92. The molecule has 17 heavy (non-hydrogen) atoms. The number of hydrogen-bond donors (Lipinski definition) is 1. The molecule has 0 rings (SSSR count). The van der Waals surface area contributed by atoms with Gasteiger partial charge in [-0.05, 0) is 41.7 Å². The van der Waals surface area contributed by atoms with Crippen molar-refractivity contribution in [1.82, 2.24) is 10.2 Å². The lowest BCUT2D eigenvalue weighted by Crippen LogP contribution is -2.38. The molecule has 104 valence electrons. The predicted octanol–water partition coefficient (Wildman–Crippen LogP) is 1.13. The summed E-state index contributed by atoms with van der Waals surface area (Å²) < 4.78 is 23.0. The van der Waals surface area contributed by atoms with Gasteiger partial charge >= 0.3 is 0 Å². The van der Waals surface area contributed by atoms with Crippen LogP contribution >= 0.6 is 0 Å². The van der Waals surface area contributed by atoms with Crippen molar-refractivity contribution >= 4 is 9.84 Å². The predicted molar refractivity (Wildman–Crippen MR) is 74.2 cm³/mol. The average Bonchev–Trinajstić information content (AvgIpc) is 2.14. The highest BCUT2D eigenvalue weighted by Gasteiger charge is 2.27. The van der Waals surface area contributed by atoms with Crippen molar-refractivity contribution in [3.8, 4) is 0 Å². The van der Waals surface area contributed by atoms with Gasteiger partial charge in [-0.2, -0.15) is 0 Å². The number of hydrogen-bond acceptors (Lipinski definition) is 4. The van der Waals surface area contributed by atoms with Crippen LogP contribution < -0.4 is 5.32 Å². The fourth-order valence-corrected chi connectivity index (χ4v) is 2.18. The molecule has 5 heteroatoms. The van der Waals surface area contributed by atoms with Crippen LogP contribution in [0.15, 0.2) is 0 Å². The second kappa shape index (κ2) is 6.71. The van der Waals surface area contributed by atoms with Gasteiger partial charge in [-0.1, -0.05) is 0 Å². The SMILES string of the molecule is CC(C)N(C)CCNCCS(=O)(=O)C(C)(C)C. The highest BCUT2D eigenvalue weighted by Crippen LogP contribution is 2.14. The van der Waals surface area contributed by atoms with Gasteiger partial charge in [0.05, 0.1) is 10.5 Å². The number of sulfone groups is 1. The molecule has 0 saturated heterocycles. The van der Waals surface area contributed by atoms with Crippen LogP contribution in [0.2, 0.25) is 0 Å². The molecule has 0 aliphatic heterocycles. The third-order valence-corrected chi connectivity index (χ3v) is 5.61. The summed E-state index contributed by atoms with van der Waals surface area (Å²) in [5.74, 6) is 0.210. The molecule has 0 aliphatic rings. The van der Waals surface area contributed by atoms with Crippen LogP contribution in [0.5, 0.6) is 0 Å². The van der Waals surface area contributed by atoms with E-state index in [4.69, 9.17) is 0 Å². The van der Waals surface area contributed by atoms with Gasteiger partial charge in [0.2, 0.25) is 0 Å². The summed E-state index contributed by atoms with van der Waals surface area (Å²) in [6.45, 7) is 11.8. The zero-order chi connectivity index (χ0) is 13.7. The zero-order valence-corrected chi connectivity index (χ0v) is 12.9. The lowest BCUT2D eigenvalue weighted by molar-refractivity contribution is 0.274. The Balaban J connectivity index is 3.81. The molecule has 0 amide bonds. The first-order chi connectivity index (χ1) is 7.58. The van der Waals surface area contributed by atoms with Crippen molar-refractivity contribution in [3.05, 3.63) is 0 Å². The zero-order valence-electron chi connectivity index (χ0n) is 12.1. The first kappa shape index (κ1) is 16.9. The molecule has 0 fully saturated rings. The topological polar surface area (TPSA) is 49.4 Å². The summed E-state index contributed by atoms with van der Waals surface area (Å²) in [7, 11) is -0.923. The summed E-state index contributed by atoms with van der Waals surface area (Å²) in [5.41, 5.74) is 0. The first-order valence-electron chi connectivity index (χ1n) is 6.21. The summed E-state index contributed by atoms with van der Waals surface area (Å²) in [6, 6.07) is 0.523. The minimum Gasteiger partial charge on any atom is -0.314 e. The highest BCUT2D eigenvalue weighted by atomic mass is 32.2. The Kier molecular flexibility index (Phi) is 6.66. The Labute approximate surface area is 107 Å². The maximum Gasteiger partial charge on any atom is 0.156 e. The summed E-state index contributed by atoms with van der Waals surface area (Å²) in [4.78, 5) is 2.23. The normalized spacial score (nSPS) is 13.6. The molecular formula is C12H28N2O2S. The van der Waals surface area contributed by atoms with E-state index in [1.165, 1.54) is 0 Å². The fourth-order valence-electron chi connectivity index (χ4n) is 1.15. The van der Waals surface area contributed by atoms with Gasteiger partial charge in [0, 0.05) is 25.7 Å². The Hall–Kier alpha value is -0.130. The molecule has 0 atom stereocenters. The molecule has 0 saturated carbocycles. The Morgan fingerprint density at radius 1 is 1.18 bits per heavy atom. The molecule has 4 nitrogen and oxygen atoms in total. The second-order valence-corrected chi connectivity index (χ2v) is 8.62. The summed E-state index contributed by atoms with van der Waals surface area (Å²) >= 11 is 0. The molecule has 0 aliphatic carbocycles. The third kappa shape index (κ3) is 6.38. The lowest BCUT2D eigenvalue weighted by Gasteiger charge is -2.22. The summed E-state index contributed by atoms with van der Waals surface area (Å²) in [6.07, 6.45) is 0. The Bertz CT molecular complexity index is 305. The van der Waals surface area contributed by atoms with E-state index < -0.39 is 14.6 Å². The van der Waals surface area contributed by atoms with Crippen LogP contribution in [0.25, 0.3) is 0 Å². The largest absolute Gasteiger partial charge is 0.314 e. The maximum absolute atomic E-state index is 11.8. The number of nitrogens with one attached hydrogen (secondary N) is 1. The van der Waals surface area contributed by atoms with E-state index in [-0.39, 0.29) is 5.75 Å². The van der Waals surface area contributed by atoms with Gasteiger partial charge in [0.15, 0.2) is 9.84 Å². The lowest BCUT2D eigenvalue weighted by atomic mass is 10.3. The minimum atomic E-state index is -2.99. The van der Waals surface area contributed by atoms with Gasteiger partial charge in [0.1, 0.15) is 0 Å². The molecule has 1 N–H and O–H groups in total. The van der Waals surface area contributed by atoms with Crippen molar-refractivity contribution in [2.45, 2.75) is 45.4 Å². The molecule has 0 spiro atoms. The van der Waals surface area contributed by atoms with E-state index in [2.05, 4.69) is 31.1 Å². The van der Waals surface area contributed by atoms with Crippen molar-refractivity contribution in [2.24, 2.45) is 0 Å². The van der Waals surface area contributed by atoms with E-state index in [1.54, 1.807) is 20.8 Å². The van der Waals surface area contributed by atoms with Gasteiger partial charge in [-0.15, -0.1) is 0 Å². The number of rotatable bonds is 7. The molecule has 0 aromatic heterocycles. The first-order valence-corrected chi connectivity index (χ1v) is 7.86. The van der Waals surface area contributed by atoms with Crippen LogP contribution in [0.4, 0.5) is 0 Å². The van der Waals surface area contributed by atoms with Crippen LogP contribution in [-0.4, -0.2) is 56.5 Å². The third-order valence-electron chi connectivity index (χ3n) is 3.00. The molecule has 0 aromatic rings. The maximum atomic E-state index is 11.8. The Morgan fingerprint density at radius 3 is 2.12 bits per heavy atom. The molecule has 0 heterocycles. The van der Waals surface area contributed by atoms with Gasteiger partial charge < -0.3 is 10.2 Å². The van der Waals surface area contributed by atoms with Gasteiger partial charge in [0.25, 0.3) is 0 Å². The van der Waals surface area contributed by atoms with Gasteiger partial charge in [-0.25, -0.2) is 8.42 Å². The quantitative estimate of drug-likeness (QED) is 0.700. The smallest absolute Gasteiger partial charge is 0.156 e. The number of likely N-dealkylation sites (N-methyl/N-ethyl adjacent to an activating group) is 1. The van der Waals surface area contributed by atoms with Crippen molar-refractivity contribution in [3.63, 3.8) is 0 Å². The van der Waals surface area contributed by atoms with Crippen molar-refractivity contribution in [2.75, 3.05) is 32.4 Å².